The van der Waals surface area contributed by atoms with Gasteiger partial charge in [0.25, 0.3) is 0 Å². The molecule has 8 heteroatoms. The van der Waals surface area contributed by atoms with Crippen molar-refractivity contribution < 1.29 is 19.4 Å². The van der Waals surface area contributed by atoms with E-state index in [1.54, 1.807) is 41.2 Å². The molecule has 5 rings (SSSR count). The lowest BCUT2D eigenvalue weighted by Crippen LogP contribution is -2.11. The van der Waals surface area contributed by atoms with Gasteiger partial charge in [0.05, 0.1) is 18.1 Å². The van der Waals surface area contributed by atoms with Crippen molar-refractivity contribution >= 4 is 17.4 Å². The van der Waals surface area contributed by atoms with Crippen molar-refractivity contribution in [3.05, 3.63) is 113 Å². The summed E-state index contributed by atoms with van der Waals surface area (Å²) in [7, 11) is 0. The number of allylic oxidation sites excluding steroid dienone is 1. The van der Waals surface area contributed by atoms with E-state index in [1.807, 2.05) is 36.4 Å². The van der Waals surface area contributed by atoms with Gasteiger partial charge in [-0.05, 0) is 24.3 Å². The largest absolute Gasteiger partial charge is 0.513 e. The van der Waals surface area contributed by atoms with Crippen molar-refractivity contribution in [1.29, 1.82) is 0 Å². The van der Waals surface area contributed by atoms with E-state index in [0.717, 1.165) is 11.3 Å². The van der Waals surface area contributed by atoms with Crippen LogP contribution in [0.2, 0.25) is 5.02 Å². The van der Waals surface area contributed by atoms with Gasteiger partial charge in [0.2, 0.25) is 0 Å². The number of ketones is 1. The molecule has 0 saturated carbocycles. The lowest BCUT2D eigenvalue weighted by Gasteiger charge is -2.13. The third-order valence-electron chi connectivity index (χ3n) is 5.83. The Morgan fingerprint density at radius 2 is 2.00 bits per heavy atom. The molecule has 1 N–H and O–H groups in total. The van der Waals surface area contributed by atoms with Gasteiger partial charge >= 0.3 is 0 Å². The fourth-order valence-corrected chi connectivity index (χ4v) is 4.32. The molecule has 1 unspecified atom stereocenters. The van der Waals surface area contributed by atoms with E-state index in [-0.39, 0.29) is 24.1 Å². The second-order valence-corrected chi connectivity index (χ2v) is 8.68. The maximum atomic E-state index is 13.2. The molecule has 0 fully saturated rings. The molecule has 1 aromatic heterocycles. The Kier molecular flexibility index (Phi) is 6.25. The number of aliphatic hydroxyl groups is 1. The van der Waals surface area contributed by atoms with Crippen LogP contribution in [0.15, 0.2) is 85.4 Å². The van der Waals surface area contributed by atoms with E-state index in [1.165, 1.54) is 0 Å². The molecule has 1 aliphatic heterocycles. The molecule has 7 nitrogen and oxygen atoms in total. The minimum absolute atomic E-state index is 0.0742. The first-order chi connectivity index (χ1) is 17.0. The van der Waals surface area contributed by atoms with Crippen molar-refractivity contribution in [3.63, 3.8) is 0 Å². The van der Waals surface area contributed by atoms with Crippen LogP contribution in [0.4, 0.5) is 0 Å². The predicted octanol–water partition coefficient (Wildman–Crippen LogP) is 5.67. The molecule has 1 atom stereocenters. The summed E-state index contributed by atoms with van der Waals surface area (Å²) in [5.41, 5.74) is 2.62. The maximum Gasteiger partial charge on any atom is 0.195 e. The number of nitrogens with zero attached hydrogens (tertiary/aromatic N) is 3. The summed E-state index contributed by atoms with van der Waals surface area (Å²) in [6, 6.07) is 19.8. The average Bonchev–Trinajstić information content (AvgIpc) is 3.49. The van der Waals surface area contributed by atoms with E-state index >= 15 is 0 Å². The molecule has 1 aliphatic rings. The average molecular weight is 488 g/mol. The highest BCUT2D eigenvalue weighted by atomic mass is 35.5. The lowest BCUT2D eigenvalue weighted by molar-refractivity contribution is 0.103. The Balaban J connectivity index is 1.38. The molecule has 176 valence electrons. The highest BCUT2D eigenvalue weighted by Crippen LogP contribution is 2.39. The van der Waals surface area contributed by atoms with Gasteiger partial charge in [0.1, 0.15) is 24.4 Å². The lowest BCUT2D eigenvalue weighted by atomic mass is 9.97. The van der Waals surface area contributed by atoms with Crippen LogP contribution in [0.5, 0.6) is 11.5 Å². The van der Waals surface area contributed by atoms with Gasteiger partial charge < -0.3 is 14.6 Å². The molecular formula is C27H22ClN3O4. The minimum atomic E-state index is -0.153. The van der Waals surface area contributed by atoms with Crippen molar-refractivity contribution in [1.82, 2.24) is 14.8 Å². The number of carbonyl (C=O) groups excluding carboxylic acids is 1. The number of ether oxygens (including phenoxy) is 2. The summed E-state index contributed by atoms with van der Waals surface area (Å²) >= 11 is 6.23. The molecule has 0 amide bonds. The summed E-state index contributed by atoms with van der Waals surface area (Å²) < 4.78 is 13.5. The Labute approximate surface area is 207 Å². The number of halogens is 1. The van der Waals surface area contributed by atoms with E-state index in [0.29, 0.717) is 46.4 Å². The SMILES string of the molecule is C=C(O)CC1COc2cc(OCc3nncn3-c3ccc(Cl)cc3C(=O)c3ccccc3)ccc21. The number of aliphatic hydroxyl groups excluding tert-OH is 1. The zero-order chi connectivity index (χ0) is 24.4. The molecule has 35 heavy (non-hydrogen) atoms. The molecule has 0 saturated heterocycles. The molecule has 0 spiro atoms. The summed E-state index contributed by atoms with van der Waals surface area (Å²) in [5, 5.41) is 18.2. The minimum Gasteiger partial charge on any atom is -0.513 e. The second kappa shape index (κ2) is 9.64. The first-order valence-corrected chi connectivity index (χ1v) is 11.4. The number of benzene rings is 3. The van der Waals surface area contributed by atoms with Gasteiger partial charge in [0.15, 0.2) is 11.6 Å². The van der Waals surface area contributed by atoms with Crippen LogP contribution in [0, 0.1) is 0 Å². The third kappa shape index (κ3) is 4.76. The van der Waals surface area contributed by atoms with Gasteiger partial charge in [-0.2, -0.15) is 0 Å². The van der Waals surface area contributed by atoms with E-state index in [9.17, 15) is 9.90 Å². The highest BCUT2D eigenvalue weighted by Gasteiger charge is 2.25. The number of hydrogen-bond donors (Lipinski definition) is 1. The first kappa shape index (κ1) is 22.7. The Morgan fingerprint density at radius 1 is 1.17 bits per heavy atom. The highest BCUT2D eigenvalue weighted by molar-refractivity contribution is 6.31. The molecular weight excluding hydrogens is 466 g/mol. The van der Waals surface area contributed by atoms with E-state index in [4.69, 9.17) is 21.1 Å². The molecule has 0 aliphatic carbocycles. The molecule has 2 heterocycles. The standard InChI is InChI=1S/C27H22ClN3O4/c1-17(32)11-19-14-35-25-13-21(8-9-22(19)25)34-15-26-30-29-16-31(26)24-10-7-20(28)12-23(24)27(33)18-5-3-2-4-6-18/h2-10,12-13,16,19,32H,1,11,14-15H2. The number of rotatable bonds is 8. The first-order valence-electron chi connectivity index (χ1n) is 11.0. The van der Waals surface area contributed by atoms with Gasteiger partial charge in [-0.15, -0.1) is 10.2 Å². The summed E-state index contributed by atoms with van der Waals surface area (Å²) in [6.07, 6.45) is 2.00. The zero-order valence-corrected chi connectivity index (χ0v) is 19.5. The van der Waals surface area contributed by atoms with Crippen molar-refractivity contribution in [2.75, 3.05) is 6.61 Å². The quantitative estimate of drug-likeness (QED) is 0.254. The summed E-state index contributed by atoms with van der Waals surface area (Å²) in [5.74, 6) is 1.91. The van der Waals surface area contributed by atoms with Crippen molar-refractivity contribution in [2.24, 2.45) is 0 Å². The molecule has 3 aromatic carbocycles. The van der Waals surface area contributed by atoms with Gasteiger partial charge in [-0.3, -0.25) is 9.36 Å². The number of carbonyl (C=O) groups is 1. The van der Waals surface area contributed by atoms with Gasteiger partial charge in [-0.25, -0.2) is 0 Å². The third-order valence-corrected chi connectivity index (χ3v) is 6.07. The molecule has 0 radical (unpaired) electrons. The van der Waals surface area contributed by atoms with Crippen LogP contribution in [-0.4, -0.2) is 32.3 Å². The zero-order valence-electron chi connectivity index (χ0n) is 18.7. The van der Waals surface area contributed by atoms with Crippen LogP contribution in [0.25, 0.3) is 5.69 Å². The maximum absolute atomic E-state index is 13.2. The Bertz CT molecular complexity index is 1400. The van der Waals surface area contributed by atoms with Crippen LogP contribution in [-0.2, 0) is 6.61 Å². The monoisotopic (exact) mass is 487 g/mol. The number of fused-ring (bicyclic) bond motifs is 1. The van der Waals surface area contributed by atoms with Crippen LogP contribution < -0.4 is 9.47 Å². The fourth-order valence-electron chi connectivity index (χ4n) is 4.15. The van der Waals surface area contributed by atoms with E-state index < -0.39 is 0 Å². The van der Waals surface area contributed by atoms with Crippen LogP contribution >= 0.6 is 11.6 Å². The van der Waals surface area contributed by atoms with Crippen molar-refractivity contribution in [3.8, 4) is 17.2 Å². The fraction of sp³-hybridized carbons (Fsp3) is 0.148. The van der Waals surface area contributed by atoms with Crippen molar-refractivity contribution in [2.45, 2.75) is 18.9 Å². The van der Waals surface area contributed by atoms with Crippen LogP contribution in [0.3, 0.4) is 0 Å². The number of hydrogen-bond acceptors (Lipinski definition) is 6. The second-order valence-electron chi connectivity index (χ2n) is 8.24. The number of aromatic nitrogens is 3. The Hall–Kier alpha value is -4.10. The van der Waals surface area contributed by atoms with Gasteiger partial charge in [0, 0.05) is 40.1 Å². The normalized spacial score (nSPS) is 14.3. The smallest absolute Gasteiger partial charge is 0.195 e. The topological polar surface area (TPSA) is 86.5 Å². The molecule has 0 bridgehead atoms. The Morgan fingerprint density at radius 3 is 2.80 bits per heavy atom. The summed E-state index contributed by atoms with van der Waals surface area (Å²) in [4.78, 5) is 13.2. The predicted molar refractivity (Wildman–Crippen MR) is 132 cm³/mol. The van der Waals surface area contributed by atoms with Crippen LogP contribution in [0.1, 0.15) is 39.6 Å². The molecule has 4 aromatic rings. The van der Waals surface area contributed by atoms with Gasteiger partial charge in [-0.1, -0.05) is 54.6 Å². The summed E-state index contributed by atoms with van der Waals surface area (Å²) in [6.45, 7) is 4.18. The van der Waals surface area contributed by atoms with E-state index in [2.05, 4.69) is 16.8 Å².